The minimum absolute atomic E-state index is 0.224. The van der Waals surface area contributed by atoms with Gasteiger partial charge in [0.05, 0.1) is 19.9 Å². The molecule has 2 heterocycles. The lowest BCUT2D eigenvalue weighted by atomic mass is 10.1. The molecule has 1 aliphatic heterocycles. The summed E-state index contributed by atoms with van der Waals surface area (Å²) >= 11 is 1.41. The number of carbonyl (C=O) groups excluding carboxylic acids is 1. The van der Waals surface area contributed by atoms with Crippen LogP contribution in [0.2, 0.25) is 0 Å². The van der Waals surface area contributed by atoms with Gasteiger partial charge in [-0.3, -0.25) is 10.1 Å². The van der Waals surface area contributed by atoms with E-state index in [0.717, 1.165) is 21.9 Å². The van der Waals surface area contributed by atoms with Crippen molar-refractivity contribution in [2.75, 3.05) is 26.3 Å². The number of fused-ring (bicyclic) bond motifs is 1. The number of ether oxygens (including phenoxy) is 4. The quantitative estimate of drug-likeness (QED) is 0.697. The van der Waals surface area contributed by atoms with Crippen molar-refractivity contribution in [3.63, 3.8) is 0 Å². The van der Waals surface area contributed by atoms with Crippen LogP contribution in [0.15, 0.2) is 36.4 Å². The van der Waals surface area contributed by atoms with Gasteiger partial charge in [0.2, 0.25) is 6.79 Å². The number of hydrogen-bond donors (Lipinski definition) is 1. The van der Waals surface area contributed by atoms with Gasteiger partial charge in [-0.25, -0.2) is 4.98 Å². The SMILES string of the molecule is COc1ccc(C(=O)Nc2nc(-c3ccc4c(c3)OCO4)c(C)s2)cc1OC. The summed E-state index contributed by atoms with van der Waals surface area (Å²) in [5.74, 6) is 2.20. The number of aryl methyl sites for hydroxylation is 1. The highest BCUT2D eigenvalue weighted by atomic mass is 32.1. The number of methoxy groups -OCH3 is 2. The molecule has 0 unspecified atom stereocenters. The van der Waals surface area contributed by atoms with E-state index >= 15 is 0 Å². The van der Waals surface area contributed by atoms with Crippen LogP contribution in [0.1, 0.15) is 15.2 Å². The Hall–Kier alpha value is -3.26. The summed E-state index contributed by atoms with van der Waals surface area (Å²) in [6.45, 7) is 2.19. The van der Waals surface area contributed by atoms with E-state index in [4.69, 9.17) is 18.9 Å². The van der Waals surface area contributed by atoms with Crippen LogP contribution in [0.4, 0.5) is 5.13 Å². The standard InChI is InChI=1S/C20H18N2O5S/c1-11-18(12-4-7-15-17(8-12)27-10-26-15)21-20(28-11)22-19(23)13-5-6-14(24-2)16(9-13)25-3/h4-9H,10H2,1-3H3,(H,21,22,23). The number of nitrogens with zero attached hydrogens (tertiary/aromatic N) is 1. The molecular formula is C20H18N2O5S. The zero-order chi connectivity index (χ0) is 19.7. The lowest BCUT2D eigenvalue weighted by molar-refractivity contribution is 0.102. The molecule has 3 aromatic rings. The second-order valence-electron chi connectivity index (χ2n) is 6.02. The predicted molar refractivity (Wildman–Crippen MR) is 106 cm³/mol. The molecule has 0 atom stereocenters. The number of rotatable bonds is 5. The molecule has 4 rings (SSSR count). The zero-order valence-corrected chi connectivity index (χ0v) is 16.4. The second kappa shape index (κ2) is 7.40. The Bertz CT molecular complexity index is 1050. The number of anilines is 1. The first-order valence-electron chi connectivity index (χ1n) is 8.50. The third-order valence-corrected chi connectivity index (χ3v) is 5.20. The van der Waals surface area contributed by atoms with E-state index in [1.165, 1.54) is 18.4 Å². The number of aromatic nitrogens is 1. The van der Waals surface area contributed by atoms with Crippen molar-refractivity contribution in [3.8, 4) is 34.3 Å². The summed E-state index contributed by atoms with van der Waals surface area (Å²) in [5, 5.41) is 3.36. The molecule has 0 fully saturated rings. The topological polar surface area (TPSA) is 78.9 Å². The minimum atomic E-state index is -0.271. The van der Waals surface area contributed by atoms with Gasteiger partial charge < -0.3 is 18.9 Å². The number of benzene rings is 2. The Morgan fingerprint density at radius 3 is 2.64 bits per heavy atom. The minimum Gasteiger partial charge on any atom is -0.493 e. The van der Waals surface area contributed by atoms with Crippen molar-refractivity contribution in [2.24, 2.45) is 0 Å². The van der Waals surface area contributed by atoms with Gasteiger partial charge in [-0.15, -0.1) is 11.3 Å². The Labute approximate surface area is 165 Å². The van der Waals surface area contributed by atoms with E-state index in [1.807, 2.05) is 25.1 Å². The van der Waals surface area contributed by atoms with Crippen LogP contribution in [-0.2, 0) is 0 Å². The van der Waals surface area contributed by atoms with Gasteiger partial charge in [0, 0.05) is 16.0 Å². The first-order chi connectivity index (χ1) is 13.6. The zero-order valence-electron chi connectivity index (χ0n) is 15.6. The summed E-state index contributed by atoms with van der Waals surface area (Å²) in [7, 11) is 3.08. The van der Waals surface area contributed by atoms with Crippen molar-refractivity contribution in [1.29, 1.82) is 0 Å². The Morgan fingerprint density at radius 2 is 1.86 bits per heavy atom. The fourth-order valence-electron chi connectivity index (χ4n) is 2.91. The molecule has 144 valence electrons. The molecule has 0 saturated carbocycles. The van der Waals surface area contributed by atoms with Crippen molar-refractivity contribution in [2.45, 2.75) is 6.92 Å². The number of nitrogens with one attached hydrogen (secondary N) is 1. The molecular weight excluding hydrogens is 380 g/mol. The van der Waals surface area contributed by atoms with Gasteiger partial charge in [-0.05, 0) is 43.3 Å². The predicted octanol–water partition coefficient (Wildman–Crippen LogP) is 4.12. The summed E-state index contributed by atoms with van der Waals surface area (Å²) in [6.07, 6.45) is 0. The third kappa shape index (κ3) is 3.34. The maximum Gasteiger partial charge on any atom is 0.257 e. The van der Waals surface area contributed by atoms with E-state index in [-0.39, 0.29) is 12.7 Å². The van der Waals surface area contributed by atoms with E-state index < -0.39 is 0 Å². The average molecular weight is 398 g/mol. The molecule has 0 bridgehead atoms. The van der Waals surface area contributed by atoms with Gasteiger partial charge in [-0.1, -0.05) is 0 Å². The van der Waals surface area contributed by atoms with Crippen molar-refractivity contribution in [1.82, 2.24) is 4.98 Å². The van der Waals surface area contributed by atoms with Crippen LogP contribution in [0.3, 0.4) is 0 Å². The van der Waals surface area contributed by atoms with Crippen LogP contribution >= 0.6 is 11.3 Å². The van der Waals surface area contributed by atoms with Crippen molar-refractivity contribution >= 4 is 22.4 Å². The van der Waals surface area contributed by atoms with Gasteiger partial charge >= 0.3 is 0 Å². The summed E-state index contributed by atoms with van der Waals surface area (Å²) in [5.41, 5.74) is 2.16. The van der Waals surface area contributed by atoms with Crippen molar-refractivity contribution in [3.05, 3.63) is 46.8 Å². The molecule has 8 heteroatoms. The summed E-state index contributed by atoms with van der Waals surface area (Å²) < 4.78 is 21.2. The number of hydrogen-bond acceptors (Lipinski definition) is 7. The van der Waals surface area contributed by atoms with Crippen LogP contribution in [0.5, 0.6) is 23.0 Å². The molecule has 1 amide bonds. The molecule has 0 saturated heterocycles. The van der Waals surface area contributed by atoms with Crippen LogP contribution < -0.4 is 24.3 Å². The molecule has 2 aromatic carbocycles. The molecule has 0 aliphatic carbocycles. The lowest BCUT2D eigenvalue weighted by Crippen LogP contribution is -2.12. The molecule has 1 N–H and O–H groups in total. The number of amides is 1. The molecule has 0 radical (unpaired) electrons. The maximum atomic E-state index is 12.6. The smallest absolute Gasteiger partial charge is 0.257 e. The summed E-state index contributed by atoms with van der Waals surface area (Å²) in [6, 6.07) is 10.7. The van der Waals surface area contributed by atoms with Gasteiger partial charge in [0.1, 0.15) is 0 Å². The number of carbonyl (C=O) groups is 1. The molecule has 1 aliphatic rings. The lowest BCUT2D eigenvalue weighted by Gasteiger charge is -2.09. The second-order valence-corrected chi connectivity index (χ2v) is 7.22. The summed E-state index contributed by atoms with van der Waals surface area (Å²) in [4.78, 5) is 18.2. The molecule has 28 heavy (non-hydrogen) atoms. The normalized spacial score (nSPS) is 12.0. The average Bonchev–Trinajstić information content (AvgIpc) is 3.32. The number of thiazole rings is 1. The monoisotopic (exact) mass is 398 g/mol. The maximum absolute atomic E-state index is 12.6. The Kier molecular flexibility index (Phi) is 4.79. The largest absolute Gasteiger partial charge is 0.493 e. The Balaban J connectivity index is 1.56. The highest BCUT2D eigenvalue weighted by Crippen LogP contribution is 2.38. The molecule has 7 nitrogen and oxygen atoms in total. The van der Waals surface area contributed by atoms with E-state index in [0.29, 0.717) is 27.9 Å². The van der Waals surface area contributed by atoms with E-state index in [1.54, 1.807) is 25.3 Å². The highest BCUT2D eigenvalue weighted by molar-refractivity contribution is 7.16. The first-order valence-corrected chi connectivity index (χ1v) is 9.31. The van der Waals surface area contributed by atoms with Crippen molar-refractivity contribution < 1.29 is 23.7 Å². The third-order valence-electron chi connectivity index (χ3n) is 4.31. The van der Waals surface area contributed by atoms with Gasteiger partial charge in [-0.2, -0.15) is 0 Å². The fraction of sp³-hybridized carbons (Fsp3) is 0.200. The van der Waals surface area contributed by atoms with E-state index in [2.05, 4.69) is 10.3 Å². The van der Waals surface area contributed by atoms with E-state index in [9.17, 15) is 4.79 Å². The van der Waals surface area contributed by atoms with Gasteiger partial charge in [0.25, 0.3) is 5.91 Å². The van der Waals surface area contributed by atoms with Crippen LogP contribution in [-0.4, -0.2) is 31.9 Å². The van der Waals surface area contributed by atoms with Crippen LogP contribution in [0, 0.1) is 6.92 Å². The molecule has 1 aromatic heterocycles. The first kappa shape index (κ1) is 18.1. The Morgan fingerprint density at radius 1 is 1.07 bits per heavy atom. The highest BCUT2D eigenvalue weighted by Gasteiger charge is 2.18. The van der Waals surface area contributed by atoms with Crippen LogP contribution in [0.25, 0.3) is 11.3 Å². The molecule has 0 spiro atoms. The fourth-order valence-corrected chi connectivity index (χ4v) is 3.74. The van der Waals surface area contributed by atoms with Gasteiger partial charge in [0.15, 0.2) is 28.1 Å².